The zero-order chi connectivity index (χ0) is 39.6. The average Bonchev–Trinajstić information content (AvgIpc) is 3.76. The number of aliphatic hydroxyl groups is 1. The zero-order valence-electron chi connectivity index (χ0n) is 35.0. The minimum atomic E-state index is -0.337. The van der Waals surface area contributed by atoms with Gasteiger partial charge < -0.3 is 13.9 Å². The second kappa shape index (κ2) is 17.4. The summed E-state index contributed by atoms with van der Waals surface area (Å²) in [6.07, 6.45) is 7.40. The maximum Gasteiger partial charge on any atom is 0.164 e. The van der Waals surface area contributed by atoms with Crippen molar-refractivity contribution in [2.24, 2.45) is 16.7 Å². The number of hydrogen-bond acceptors (Lipinski definition) is 5. The fourth-order valence-electron chi connectivity index (χ4n) is 6.99. The Morgan fingerprint density at radius 1 is 0.873 bits per heavy atom. The summed E-state index contributed by atoms with van der Waals surface area (Å²) in [5.74, 6) is 1.90. The maximum atomic E-state index is 12.2. The molecule has 0 saturated carbocycles. The van der Waals surface area contributed by atoms with Crippen molar-refractivity contribution in [3.63, 3.8) is 0 Å². The van der Waals surface area contributed by atoms with E-state index in [4.69, 9.17) is 13.8 Å². The first-order chi connectivity index (χ1) is 25.5. The molecule has 3 aromatic heterocycles. The SMILES string of the molecule is CCC(C)(CC)C(=O)/C=C(\O)C(C)(CC)CC.Cc1c(CC(C)C)oc2cc(-c3cc(-c4[c-]c5ccccc5c(C(C)(C)C)c4)nc4ccoc34)ccc12.[Ir]. The molecule has 0 amide bonds. The number of benzene rings is 3. The van der Waals surface area contributed by atoms with Gasteiger partial charge >= 0.3 is 0 Å². The van der Waals surface area contributed by atoms with Gasteiger partial charge in [0.2, 0.25) is 0 Å². The predicted octanol–water partition coefficient (Wildman–Crippen LogP) is 14.3. The molecule has 0 aliphatic rings. The number of hydrogen-bond donors (Lipinski definition) is 1. The largest absolute Gasteiger partial charge is 0.512 e. The van der Waals surface area contributed by atoms with Crippen LogP contribution < -0.4 is 0 Å². The van der Waals surface area contributed by atoms with E-state index >= 15 is 0 Å². The van der Waals surface area contributed by atoms with Crippen molar-refractivity contribution in [1.29, 1.82) is 0 Å². The van der Waals surface area contributed by atoms with E-state index in [-0.39, 0.29) is 47.9 Å². The van der Waals surface area contributed by atoms with E-state index in [0.29, 0.717) is 5.92 Å². The van der Waals surface area contributed by atoms with E-state index in [1.165, 1.54) is 28.0 Å². The summed E-state index contributed by atoms with van der Waals surface area (Å²) < 4.78 is 12.3. The Labute approximate surface area is 342 Å². The second-order valence-electron chi connectivity index (χ2n) is 17.0. The van der Waals surface area contributed by atoms with Crippen LogP contribution in [0.4, 0.5) is 0 Å². The van der Waals surface area contributed by atoms with Gasteiger partial charge in [0.1, 0.15) is 22.6 Å². The quantitative estimate of drug-likeness (QED) is 0.0796. The third kappa shape index (κ3) is 9.19. The standard InChI is InChI=1S/C34H32NO2.C15H28O2.Ir/c1-20(2)15-31-21(3)25-12-11-23(18-32(25)37-31)27-19-30(35-29-13-14-36-33(27)29)24-16-22-9-7-8-10-26(22)28(17-24)34(4,5)6;1-7-14(5,8-2)12(16)11-13(17)15(6,9-3)10-4;/h7-14,17-20H,15H2,1-6H3;11,16H,7-10H2,1-6H3;/q-1;;/b;12-11-;. The first kappa shape index (κ1) is 43.7. The molecular weight excluding hydrogens is 859 g/mol. The molecule has 3 heterocycles. The molecule has 1 radical (unpaired) electrons. The summed E-state index contributed by atoms with van der Waals surface area (Å²) in [4.78, 5) is 17.2. The van der Waals surface area contributed by atoms with Gasteiger partial charge in [-0.05, 0) is 61.1 Å². The van der Waals surface area contributed by atoms with Crippen LogP contribution in [0.1, 0.15) is 119 Å². The molecule has 0 bridgehead atoms. The smallest absolute Gasteiger partial charge is 0.164 e. The van der Waals surface area contributed by atoms with Gasteiger partial charge in [0.25, 0.3) is 0 Å². The van der Waals surface area contributed by atoms with Crippen LogP contribution in [0.15, 0.2) is 87.6 Å². The number of aliphatic hydroxyl groups excluding tert-OH is 1. The number of fused-ring (bicyclic) bond motifs is 3. The van der Waals surface area contributed by atoms with Crippen LogP contribution in [0.25, 0.3) is 55.2 Å². The fraction of sp³-hybridized carbons (Fsp3) is 0.429. The number of ketones is 1. The van der Waals surface area contributed by atoms with Crippen LogP contribution in [0.3, 0.4) is 0 Å². The van der Waals surface area contributed by atoms with E-state index in [9.17, 15) is 9.90 Å². The van der Waals surface area contributed by atoms with Gasteiger partial charge in [-0.15, -0.1) is 29.1 Å². The molecule has 0 saturated heterocycles. The number of aromatic nitrogens is 1. The third-order valence-corrected chi connectivity index (χ3v) is 11.8. The molecule has 0 aliphatic heterocycles. The van der Waals surface area contributed by atoms with E-state index in [2.05, 4.69) is 102 Å². The second-order valence-corrected chi connectivity index (χ2v) is 17.0. The average molecular weight is 919 g/mol. The van der Waals surface area contributed by atoms with Crippen molar-refractivity contribution in [3.8, 4) is 22.4 Å². The maximum absolute atomic E-state index is 12.2. The first-order valence-corrected chi connectivity index (χ1v) is 19.8. The van der Waals surface area contributed by atoms with Crippen molar-refractivity contribution in [3.05, 3.63) is 102 Å². The number of carbonyl (C=O) groups is 1. The van der Waals surface area contributed by atoms with Crippen LogP contribution >= 0.6 is 0 Å². The summed E-state index contributed by atoms with van der Waals surface area (Å²) in [5, 5.41) is 13.6. The van der Waals surface area contributed by atoms with Crippen LogP contribution in [-0.2, 0) is 36.7 Å². The van der Waals surface area contributed by atoms with Crippen molar-refractivity contribution in [1.82, 2.24) is 4.98 Å². The Bertz CT molecular complexity index is 2290. The molecule has 1 N–H and O–H groups in total. The fourth-order valence-corrected chi connectivity index (χ4v) is 6.99. The number of rotatable bonds is 11. The molecule has 0 atom stereocenters. The molecule has 0 unspecified atom stereocenters. The van der Waals surface area contributed by atoms with E-state index in [1.54, 1.807) is 6.26 Å². The molecule has 0 fully saturated rings. The van der Waals surface area contributed by atoms with Crippen LogP contribution in [0.2, 0.25) is 0 Å². The Kier molecular flexibility index (Phi) is 13.9. The molecule has 5 nitrogen and oxygen atoms in total. The summed E-state index contributed by atoms with van der Waals surface area (Å²) >= 11 is 0. The monoisotopic (exact) mass is 919 g/mol. The molecule has 6 rings (SSSR count). The van der Waals surface area contributed by atoms with Gasteiger partial charge in [0.15, 0.2) is 11.4 Å². The third-order valence-electron chi connectivity index (χ3n) is 11.8. The predicted molar refractivity (Wildman–Crippen MR) is 226 cm³/mol. The van der Waals surface area contributed by atoms with Gasteiger partial charge in [-0.2, -0.15) is 0 Å². The summed E-state index contributed by atoms with van der Waals surface area (Å²) in [7, 11) is 0. The van der Waals surface area contributed by atoms with Gasteiger partial charge in [0.05, 0.1) is 6.26 Å². The number of furan rings is 2. The molecule has 295 valence electrons. The van der Waals surface area contributed by atoms with E-state index in [0.717, 1.165) is 82.3 Å². The minimum absolute atomic E-state index is 0. The van der Waals surface area contributed by atoms with Gasteiger partial charge in [-0.25, -0.2) is 0 Å². The summed E-state index contributed by atoms with van der Waals surface area (Å²) in [5.41, 5.74) is 8.37. The molecule has 3 aromatic carbocycles. The van der Waals surface area contributed by atoms with Gasteiger partial charge in [-0.1, -0.05) is 124 Å². The molecule has 55 heavy (non-hydrogen) atoms. The topological polar surface area (TPSA) is 76.5 Å². The molecule has 6 aromatic rings. The van der Waals surface area contributed by atoms with Crippen LogP contribution in [0, 0.1) is 29.7 Å². The van der Waals surface area contributed by atoms with Crippen molar-refractivity contribution < 1.29 is 38.8 Å². The molecule has 0 spiro atoms. The number of carbonyl (C=O) groups excluding carboxylic acids is 1. The van der Waals surface area contributed by atoms with E-state index in [1.807, 2.05) is 47.6 Å². The molecule has 0 aliphatic carbocycles. The first-order valence-electron chi connectivity index (χ1n) is 19.8. The molecule has 6 heteroatoms. The van der Waals surface area contributed by atoms with Crippen LogP contribution in [-0.4, -0.2) is 15.9 Å². The minimum Gasteiger partial charge on any atom is -0.512 e. The van der Waals surface area contributed by atoms with Gasteiger partial charge in [0, 0.05) is 66.1 Å². The Morgan fingerprint density at radius 3 is 2.15 bits per heavy atom. The normalized spacial score (nSPS) is 12.6. The summed E-state index contributed by atoms with van der Waals surface area (Å²) in [6.45, 7) is 25.4. The Balaban J connectivity index is 0.000000320. The summed E-state index contributed by atoms with van der Waals surface area (Å²) in [6, 6.07) is 24.9. The number of nitrogens with zero attached hydrogens (tertiary/aromatic N) is 1. The Morgan fingerprint density at radius 2 is 1.53 bits per heavy atom. The van der Waals surface area contributed by atoms with Gasteiger partial charge in [-0.3, -0.25) is 9.78 Å². The zero-order valence-corrected chi connectivity index (χ0v) is 37.4. The van der Waals surface area contributed by atoms with Crippen molar-refractivity contribution >= 4 is 38.6 Å². The van der Waals surface area contributed by atoms with E-state index < -0.39 is 0 Å². The van der Waals surface area contributed by atoms with Crippen molar-refractivity contribution in [2.75, 3.05) is 0 Å². The number of allylic oxidation sites excluding steroid dienone is 2. The van der Waals surface area contributed by atoms with Crippen molar-refractivity contribution in [2.45, 2.75) is 121 Å². The van der Waals surface area contributed by atoms with Crippen LogP contribution in [0.5, 0.6) is 0 Å². The number of aryl methyl sites for hydroxylation is 1. The molecular formula is C49H60IrNO4-. The number of pyridine rings is 1. The Hall–Kier alpha value is -3.99.